The Labute approximate surface area is 117 Å². The highest BCUT2D eigenvalue weighted by Gasteiger charge is 2.24. The van der Waals surface area contributed by atoms with Gasteiger partial charge in [0.2, 0.25) is 0 Å². The van der Waals surface area contributed by atoms with Gasteiger partial charge in [-0.3, -0.25) is 9.47 Å². The molecule has 0 saturated carbocycles. The third-order valence-corrected chi connectivity index (χ3v) is 4.04. The summed E-state index contributed by atoms with van der Waals surface area (Å²) in [5.74, 6) is -0.270. The first-order chi connectivity index (χ1) is 9.79. The van der Waals surface area contributed by atoms with Gasteiger partial charge in [0.15, 0.2) is 5.58 Å². The van der Waals surface area contributed by atoms with Gasteiger partial charge < -0.3 is 9.15 Å². The molecular weight excluding hydrogens is 256 g/mol. The van der Waals surface area contributed by atoms with Crippen molar-refractivity contribution >= 4 is 11.1 Å². The molecule has 1 fully saturated rings. The van der Waals surface area contributed by atoms with Crippen LogP contribution < -0.4 is 5.76 Å². The fraction of sp³-hybridized carbons (Fsp3) is 0.533. The highest BCUT2D eigenvalue weighted by atomic mass is 16.5. The lowest BCUT2D eigenvalue weighted by atomic mass is 10.2. The summed E-state index contributed by atoms with van der Waals surface area (Å²) in [5, 5.41) is 0. The maximum Gasteiger partial charge on any atom is 0.419 e. The SMILES string of the molecule is COC[C@@H]1CCCN1CCn1c(=O)oc2ccccc21. The normalized spacial score (nSPS) is 19.9. The quantitative estimate of drug-likeness (QED) is 0.834. The van der Waals surface area contributed by atoms with Crippen LogP contribution >= 0.6 is 0 Å². The first-order valence-corrected chi connectivity index (χ1v) is 7.11. The van der Waals surface area contributed by atoms with Gasteiger partial charge >= 0.3 is 5.76 Å². The standard InChI is InChI=1S/C15H20N2O3/c1-19-11-12-5-4-8-16(12)9-10-17-13-6-2-3-7-14(13)20-15(17)18/h2-3,6-7,12H,4-5,8-11H2,1H3/t12-/m0/s1. The zero-order valence-corrected chi connectivity index (χ0v) is 11.7. The number of rotatable bonds is 5. The summed E-state index contributed by atoms with van der Waals surface area (Å²) in [6.07, 6.45) is 2.38. The molecule has 2 aromatic rings. The third-order valence-electron chi connectivity index (χ3n) is 4.04. The van der Waals surface area contributed by atoms with Gasteiger partial charge in [-0.15, -0.1) is 0 Å². The van der Waals surface area contributed by atoms with Gasteiger partial charge in [0, 0.05) is 26.2 Å². The predicted octanol–water partition coefficient (Wildman–Crippen LogP) is 1.71. The first-order valence-electron chi connectivity index (χ1n) is 7.11. The zero-order chi connectivity index (χ0) is 13.9. The Kier molecular flexibility index (Phi) is 3.89. The van der Waals surface area contributed by atoms with Gasteiger partial charge in [0.05, 0.1) is 12.1 Å². The number of para-hydroxylation sites is 2. The van der Waals surface area contributed by atoms with Crippen LogP contribution in [-0.4, -0.2) is 42.3 Å². The summed E-state index contributed by atoms with van der Waals surface area (Å²) in [6, 6.07) is 8.05. The number of hydrogen-bond donors (Lipinski definition) is 0. The number of hydrogen-bond acceptors (Lipinski definition) is 4. The Morgan fingerprint density at radius 2 is 2.20 bits per heavy atom. The molecule has 0 bridgehead atoms. The van der Waals surface area contributed by atoms with E-state index in [1.54, 1.807) is 11.7 Å². The van der Waals surface area contributed by atoms with Gasteiger partial charge in [0.25, 0.3) is 0 Å². The van der Waals surface area contributed by atoms with Crippen molar-refractivity contribution in [3.63, 3.8) is 0 Å². The summed E-state index contributed by atoms with van der Waals surface area (Å²) >= 11 is 0. The molecule has 1 aliphatic rings. The minimum atomic E-state index is -0.270. The highest BCUT2D eigenvalue weighted by molar-refractivity contribution is 5.72. The molecule has 108 valence electrons. The van der Waals surface area contributed by atoms with Crippen molar-refractivity contribution < 1.29 is 9.15 Å². The number of likely N-dealkylation sites (tertiary alicyclic amines) is 1. The Hall–Kier alpha value is -1.59. The fourth-order valence-electron chi connectivity index (χ4n) is 3.02. The molecule has 1 aromatic carbocycles. The smallest absolute Gasteiger partial charge is 0.408 e. The molecule has 5 nitrogen and oxygen atoms in total. The Balaban J connectivity index is 1.74. The Morgan fingerprint density at radius 1 is 1.35 bits per heavy atom. The average molecular weight is 276 g/mol. The second-order valence-corrected chi connectivity index (χ2v) is 5.27. The van der Waals surface area contributed by atoms with Gasteiger partial charge in [0.1, 0.15) is 0 Å². The van der Waals surface area contributed by atoms with Crippen molar-refractivity contribution in [1.29, 1.82) is 0 Å². The summed E-state index contributed by atoms with van der Waals surface area (Å²) in [6.45, 7) is 3.37. The molecule has 0 aliphatic carbocycles. The number of ether oxygens (including phenoxy) is 1. The minimum Gasteiger partial charge on any atom is -0.408 e. The molecule has 1 atom stereocenters. The second-order valence-electron chi connectivity index (χ2n) is 5.27. The summed E-state index contributed by atoms with van der Waals surface area (Å²) in [7, 11) is 1.74. The van der Waals surface area contributed by atoms with Crippen molar-refractivity contribution in [2.45, 2.75) is 25.4 Å². The van der Waals surface area contributed by atoms with Crippen LogP contribution in [-0.2, 0) is 11.3 Å². The molecule has 5 heteroatoms. The molecular formula is C15H20N2O3. The van der Waals surface area contributed by atoms with E-state index in [4.69, 9.17) is 9.15 Å². The molecule has 20 heavy (non-hydrogen) atoms. The number of nitrogens with zero attached hydrogens (tertiary/aromatic N) is 2. The van der Waals surface area contributed by atoms with Crippen LogP contribution in [0.15, 0.2) is 33.5 Å². The number of methoxy groups -OCH3 is 1. The maximum atomic E-state index is 11.9. The number of fused-ring (bicyclic) bond motifs is 1. The lowest BCUT2D eigenvalue weighted by Crippen LogP contribution is -2.36. The van der Waals surface area contributed by atoms with Gasteiger partial charge in [-0.1, -0.05) is 12.1 Å². The summed E-state index contributed by atoms with van der Waals surface area (Å²) < 4.78 is 12.2. The van der Waals surface area contributed by atoms with Crippen LogP contribution in [0.2, 0.25) is 0 Å². The van der Waals surface area contributed by atoms with Crippen molar-refractivity contribution in [2.24, 2.45) is 0 Å². The minimum absolute atomic E-state index is 0.270. The maximum absolute atomic E-state index is 11.9. The van der Waals surface area contributed by atoms with Crippen molar-refractivity contribution in [1.82, 2.24) is 9.47 Å². The van der Waals surface area contributed by atoms with E-state index in [0.717, 1.165) is 25.2 Å². The van der Waals surface area contributed by atoms with Crippen molar-refractivity contribution in [3.8, 4) is 0 Å². The lowest BCUT2D eigenvalue weighted by molar-refractivity contribution is 0.113. The first kappa shape index (κ1) is 13.4. The van der Waals surface area contributed by atoms with Crippen LogP contribution in [0.3, 0.4) is 0 Å². The molecule has 0 amide bonds. The molecule has 0 radical (unpaired) electrons. The van der Waals surface area contributed by atoms with E-state index in [0.29, 0.717) is 18.2 Å². The lowest BCUT2D eigenvalue weighted by Gasteiger charge is -2.23. The van der Waals surface area contributed by atoms with E-state index in [1.165, 1.54) is 12.8 Å². The average Bonchev–Trinajstić information content (AvgIpc) is 3.01. The van der Waals surface area contributed by atoms with E-state index in [9.17, 15) is 4.79 Å². The summed E-state index contributed by atoms with van der Waals surface area (Å²) in [4.78, 5) is 14.3. The van der Waals surface area contributed by atoms with E-state index in [1.807, 2.05) is 24.3 Å². The monoisotopic (exact) mass is 276 g/mol. The Morgan fingerprint density at radius 3 is 3.05 bits per heavy atom. The topological polar surface area (TPSA) is 47.6 Å². The second kappa shape index (κ2) is 5.81. The van der Waals surface area contributed by atoms with E-state index < -0.39 is 0 Å². The largest absolute Gasteiger partial charge is 0.419 e. The van der Waals surface area contributed by atoms with Crippen LogP contribution in [0, 0.1) is 0 Å². The van der Waals surface area contributed by atoms with Crippen LogP contribution in [0.1, 0.15) is 12.8 Å². The molecule has 1 aliphatic heterocycles. The molecule has 0 unspecified atom stereocenters. The Bertz CT molecular complexity index is 631. The molecule has 3 rings (SSSR count). The zero-order valence-electron chi connectivity index (χ0n) is 11.7. The van der Waals surface area contributed by atoms with E-state index in [2.05, 4.69) is 4.90 Å². The number of aromatic nitrogens is 1. The van der Waals surface area contributed by atoms with E-state index >= 15 is 0 Å². The van der Waals surface area contributed by atoms with Crippen molar-refractivity contribution in [2.75, 3.05) is 26.8 Å². The molecule has 1 saturated heterocycles. The molecule has 0 spiro atoms. The van der Waals surface area contributed by atoms with Crippen LogP contribution in [0.5, 0.6) is 0 Å². The van der Waals surface area contributed by atoms with Gasteiger partial charge in [-0.2, -0.15) is 0 Å². The molecule has 1 aromatic heterocycles. The van der Waals surface area contributed by atoms with Crippen molar-refractivity contribution in [3.05, 3.63) is 34.8 Å². The van der Waals surface area contributed by atoms with Gasteiger partial charge in [-0.05, 0) is 31.5 Å². The fourth-order valence-corrected chi connectivity index (χ4v) is 3.02. The third kappa shape index (κ3) is 2.51. The molecule has 0 N–H and O–H groups in total. The highest BCUT2D eigenvalue weighted by Crippen LogP contribution is 2.18. The van der Waals surface area contributed by atoms with Crippen LogP contribution in [0.25, 0.3) is 11.1 Å². The summed E-state index contributed by atoms with van der Waals surface area (Å²) in [5.41, 5.74) is 1.53. The van der Waals surface area contributed by atoms with E-state index in [-0.39, 0.29) is 5.76 Å². The number of benzene rings is 1. The number of oxazole rings is 1. The van der Waals surface area contributed by atoms with Gasteiger partial charge in [-0.25, -0.2) is 4.79 Å². The van der Waals surface area contributed by atoms with Crippen LogP contribution in [0.4, 0.5) is 0 Å². The molecule has 2 heterocycles. The predicted molar refractivity (Wildman–Crippen MR) is 76.9 cm³/mol.